The Morgan fingerprint density at radius 1 is 1.08 bits per heavy atom. The summed E-state index contributed by atoms with van der Waals surface area (Å²) in [7, 11) is 0. The van der Waals surface area contributed by atoms with Crippen LogP contribution >= 0.6 is 0 Å². The second-order valence-electron chi connectivity index (χ2n) is 11.1. The summed E-state index contributed by atoms with van der Waals surface area (Å²) in [4.78, 5) is 53.3. The summed E-state index contributed by atoms with van der Waals surface area (Å²) < 4.78 is 7.52. The maximum Gasteiger partial charge on any atom is 0.334 e. The average molecular weight is 523 g/mol. The molecule has 2 aliphatic carbocycles. The first-order valence-electron chi connectivity index (χ1n) is 12.8. The topological polar surface area (TPSA) is 173 Å². The summed E-state index contributed by atoms with van der Waals surface area (Å²) in [5.41, 5.74) is 3.75. The van der Waals surface area contributed by atoms with E-state index in [4.69, 9.17) is 15.9 Å². The van der Waals surface area contributed by atoms with Crippen LogP contribution in [0.1, 0.15) is 55.7 Å². The van der Waals surface area contributed by atoms with Crippen LogP contribution in [0.25, 0.3) is 0 Å². The predicted molar refractivity (Wildman–Crippen MR) is 135 cm³/mol. The van der Waals surface area contributed by atoms with Crippen LogP contribution in [-0.4, -0.2) is 61.7 Å². The molecule has 6 rings (SSSR count). The smallest absolute Gasteiger partial charge is 0.334 e. The van der Waals surface area contributed by atoms with E-state index in [2.05, 4.69) is 5.32 Å². The minimum absolute atomic E-state index is 0.0220. The van der Waals surface area contributed by atoms with E-state index in [1.54, 1.807) is 17.0 Å². The SMILES string of the molecule is N=C(N)c1c(O)n(Cc2ccccc2)c(=O)n(C2CCC3(CC2)CC(N2C(=O)NC(=O)C24COC4)C3)c1=O. The molecule has 4 aliphatic rings. The molecule has 4 fully saturated rings. The van der Waals surface area contributed by atoms with E-state index in [-0.39, 0.29) is 48.7 Å². The molecule has 1 aromatic carbocycles. The Kier molecular flexibility index (Phi) is 5.49. The number of nitrogens with zero attached hydrogens (tertiary/aromatic N) is 3. The first-order valence-corrected chi connectivity index (χ1v) is 12.8. The second-order valence-corrected chi connectivity index (χ2v) is 11.1. The number of nitrogens with two attached hydrogens (primary N) is 1. The first kappa shape index (κ1) is 24.4. The molecule has 12 heteroatoms. The van der Waals surface area contributed by atoms with Crippen LogP contribution in [0.2, 0.25) is 0 Å². The van der Waals surface area contributed by atoms with Crippen molar-refractivity contribution in [1.29, 1.82) is 5.41 Å². The number of nitrogens with one attached hydrogen (secondary N) is 2. The molecular weight excluding hydrogens is 492 g/mol. The largest absolute Gasteiger partial charge is 0.494 e. The number of aromatic nitrogens is 2. The van der Waals surface area contributed by atoms with Gasteiger partial charge >= 0.3 is 11.7 Å². The van der Waals surface area contributed by atoms with Crippen LogP contribution < -0.4 is 22.3 Å². The highest BCUT2D eigenvalue weighted by atomic mass is 16.5. The molecule has 0 bridgehead atoms. The van der Waals surface area contributed by atoms with Crippen molar-refractivity contribution >= 4 is 17.8 Å². The van der Waals surface area contributed by atoms with Gasteiger partial charge in [0, 0.05) is 12.1 Å². The van der Waals surface area contributed by atoms with Gasteiger partial charge < -0.3 is 20.5 Å². The Hall–Kier alpha value is -3.93. The van der Waals surface area contributed by atoms with Crippen molar-refractivity contribution in [3.63, 3.8) is 0 Å². The van der Waals surface area contributed by atoms with Crippen molar-refractivity contribution in [3.05, 3.63) is 62.3 Å². The lowest BCUT2D eigenvalue weighted by Gasteiger charge is -2.57. The van der Waals surface area contributed by atoms with Crippen LogP contribution in [0.5, 0.6) is 5.88 Å². The number of amides is 3. The lowest BCUT2D eigenvalue weighted by molar-refractivity contribution is -0.167. The standard InChI is InChI=1S/C26H30N6O6/c27-19(28)18-20(33)30(12-15-4-2-1-3-5-15)24(37)31(21(18)34)16-6-8-25(9-7-16)10-17(11-25)32-23(36)29-22(35)26(32)13-38-14-26/h1-5,16-17,33H,6-14H2,(H3,27,28)(H,29,35,36). The Labute approximate surface area is 217 Å². The molecule has 2 aliphatic heterocycles. The molecule has 200 valence electrons. The van der Waals surface area contributed by atoms with E-state index in [1.807, 2.05) is 18.2 Å². The molecule has 3 amide bonds. The van der Waals surface area contributed by atoms with Crippen LogP contribution in [0.15, 0.2) is 39.9 Å². The summed E-state index contributed by atoms with van der Waals surface area (Å²) in [6.07, 6.45) is 4.14. The van der Waals surface area contributed by atoms with Crippen LogP contribution in [0.4, 0.5) is 4.79 Å². The van der Waals surface area contributed by atoms with E-state index in [9.17, 15) is 24.3 Å². The van der Waals surface area contributed by atoms with Crippen molar-refractivity contribution in [3.8, 4) is 5.88 Å². The number of hydrogen-bond donors (Lipinski definition) is 4. The summed E-state index contributed by atoms with van der Waals surface area (Å²) in [5.74, 6) is -1.49. The number of nitrogen functional groups attached to an aromatic ring is 1. The van der Waals surface area contributed by atoms with Crippen molar-refractivity contribution in [2.45, 2.75) is 62.7 Å². The second kappa shape index (κ2) is 8.55. The highest BCUT2D eigenvalue weighted by Gasteiger charge is 2.63. The maximum atomic E-state index is 13.5. The summed E-state index contributed by atoms with van der Waals surface area (Å²) in [5, 5.41) is 21.0. The van der Waals surface area contributed by atoms with Gasteiger partial charge in [-0.2, -0.15) is 0 Å². The molecule has 38 heavy (non-hydrogen) atoms. The number of aromatic hydroxyl groups is 1. The lowest BCUT2D eigenvalue weighted by atomic mass is 9.57. The van der Waals surface area contributed by atoms with Gasteiger partial charge in [-0.1, -0.05) is 30.3 Å². The summed E-state index contributed by atoms with van der Waals surface area (Å²) >= 11 is 0. The quantitative estimate of drug-likeness (QED) is 0.253. The molecule has 2 saturated carbocycles. The van der Waals surface area contributed by atoms with Crippen molar-refractivity contribution in [2.24, 2.45) is 11.1 Å². The molecule has 12 nitrogen and oxygen atoms in total. The maximum absolute atomic E-state index is 13.5. The number of benzene rings is 1. The van der Waals surface area contributed by atoms with E-state index in [0.29, 0.717) is 12.8 Å². The van der Waals surface area contributed by atoms with E-state index >= 15 is 0 Å². The Morgan fingerprint density at radius 3 is 2.32 bits per heavy atom. The number of carbonyl (C=O) groups excluding carboxylic acids is 2. The van der Waals surface area contributed by atoms with Gasteiger partial charge in [-0.3, -0.25) is 29.4 Å². The van der Waals surface area contributed by atoms with Gasteiger partial charge in [0.25, 0.3) is 11.5 Å². The van der Waals surface area contributed by atoms with Gasteiger partial charge in [-0.15, -0.1) is 0 Å². The molecule has 5 N–H and O–H groups in total. The average Bonchev–Trinajstić information content (AvgIpc) is 3.11. The van der Waals surface area contributed by atoms with Gasteiger partial charge in [0.1, 0.15) is 11.4 Å². The number of amidine groups is 1. The van der Waals surface area contributed by atoms with E-state index in [1.165, 1.54) is 0 Å². The van der Waals surface area contributed by atoms with Gasteiger partial charge in [0.15, 0.2) is 5.54 Å². The highest BCUT2D eigenvalue weighted by Crippen LogP contribution is 2.56. The van der Waals surface area contributed by atoms with Gasteiger partial charge in [0.2, 0.25) is 5.88 Å². The number of imide groups is 1. The fourth-order valence-electron chi connectivity index (χ4n) is 6.79. The van der Waals surface area contributed by atoms with Crippen molar-refractivity contribution < 1.29 is 19.4 Å². The zero-order chi connectivity index (χ0) is 26.8. The Morgan fingerprint density at radius 2 is 1.74 bits per heavy atom. The van der Waals surface area contributed by atoms with E-state index in [0.717, 1.165) is 40.4 Å². The molecule has 0 unspecified atom stereocenters. The van der Waals surface area contributed by atoms with Gasteiger partial charge in [-0.05, 0) is 49.5 Å². The van der Waals surface area contributed by atoms with Crippen molar-refractivity contribution in [2.75, 3.05) is 13.2 Å². The highest BCUT2D eigenvalue weighted by molar-refractivity contribution is 6.08. The molecule has 0 atom stereocenters. The van der Waals surface area contributed by atoms with Crippen LogP contribution in [-0.2, 0) is 16.1 Å². The molecular formula is C26H30N6O6. The Balaban J connectivity index is 1.23. The van der Waals surface area contributed by atoms with Crippen LogP contribution in [0.3, 0.4) is 0 Å². The monoisotopic (exact) mass is 522 g/mol. The molecule has 2 spiro atoms. The predicted octanol–water partition coefficient (Wildman–Crippen LogP) is 0.633. The third-order valence-electron chi connectivity index (χ3n) is 8.89. The van der Waals surface area contributed by atoms with Crippen molar-refractivity contribution in [1.82, 2.24) is 19.4 Å². The number of ether oxygens (including phenoxy) is 1. The summed E-state index contributed by atoms with van der Waals surface area (Å²) in [6.45, 7) is 0.466. The third-order valence-corrected chi connectivity index (χ3v) is 8.89. The minimum atomic E-state index is -0.882. The molecule has 2 saturated heterocycles. The molecule has 1 aromatic heterocycles. The number of carbonyl (C=O) groups is 2. The minimum Gasteiger partial charge on any atom is -0.494 e. The van der Waals surface area contributed by atoms with Gasteiger partial charge in [0.05, 0.1) is 19.8 Å². The number of urea groups is 1. The van der Waals surface area contributed by atoms with E-state index < -0.39 is 34.5 Å². The van der Waals surface area contributed by atoms with Crippen LogP contribution in [0, 0.1) is 10.8 Å². The third kappa shape index (κ3) is 3.50. The molecule has 2 aromatic rings. The fourth-order valence-corrected chi connectivity index (χ4v) is 6.79. The zero-order valence-electron chi connectivity index (χ0n) is 20.8. The van der Waals surface area contributed by atoms with Gasteiger partial charge in [-0.25, -0.2) is 9.59 Å². The number of rotatable bonds is 5. The first-order chi connectivity index (χ1) is 18.2. The Bertz CT molecular complexity index is 1440. The molecule has 0 radical (unpaired) electrons. The number of hydrogen-bond acceptors (Lipinski definition) is 7. The fraction of sp³-hybridized carbons (Fsp3) is 0.500. The normalized spacial score (nSPS) is 27.7. The molecule has 3 heterocycles. The zero-order valence-corrected chi connectivity index (χ0v) is 20.8. The lowest BCUT2D eigenvalue weighted by Crippen LogP contribution is -2.68. The summed E-state index contributed by atoms with van der Waals surface area (Å²) in [6, 6.07) is 8.26.